The second-order valence-corrected chi connectivity index (χ2v) is 3.40. The van der Waals surface area contributed by atoms with E-state index in [1.165, 1.54) is 0 Å². The van der Waals surface area contributed by atoms with Crippen LogP contribution in [0.4, 0.5) is 4.39 Å². The number of alkyl halides is 1. The summed E-state index contributed by atoms with van der Waals surface area (Å²) < 4.78 is 16.4. The molecule has 0 aliphatic heterocycles. The minimum atomic E-state index is -1.00. The minimum absolute atomic E-state index is 0.0862. The zero-order valence-corrected chi connectivity index (χ0v) is 8.23. The van der Waals surface area contributed by atoms with Gasteiger partial charge in [-0.3, -0.25) is 4.79 Å². The van der Waals surface area contributed by atoms with Gasteiger partial charge in [0, 0.05) is 0 Å². The highest BCUT2D eigenvalue weighted by atomic mass is 19.1. The Hall–Kier alpha value is -1.36. The number of aliphatic carboxylic acids is 1. The molecular weight excluding hydrogens is 201 g/mol. The topological polar surface area (TPSA) is 72.5 Å². The standard InChI is InChI=1S/C10H14FNO3/c11-6-15-8-3-1-7(2-4-8)5-9(12)10(13)14/h1,3-4,7,9H,2,5-6,12H2,(H,13,14)/t7?,9-/m1/s1. The smallest absolute Gasteiger partial charge is 0.320 e. The maximum absolute atomic E-state index is 11.8. The number of carboxylic acids is 1. The van der Waals surface area contributed by atoms with E-state index >= 15 is 0 Å². The van der Waals surface area contributed by atoms with Crippen LogP contribution in [0, 0.1) is 5.92 Å². The predicted molar refractivity (Wildman–Crippen MR) is 52.6 cm³/mol. The van der Waals surface area contributed by atoms with E-state index in [0.717, 1.165) is 0 Å². The lowest BCUT2D eigenvalue weighted by Crippen LogP contribution is -2.32. The van der Waals surface area contributed by atoms with Gasteiger partial charge >= 0.3 is 5.97 Å². The summed E-state index contributed by atoms with van der Waals surface area (Å²) in [6.45, 7) is -0.852. The fourth-order valence-electron chi connectivity index (χ4n) is 1.42. The molecule has 0 heterocycles. The van der Waals surface area contributed by atoms with Gasteiger partial charge in [-0.2, -0.15) is 0 Å². The van der Waals surface area contributed by atoms with Crippen molar-refractivity contribution in [2.45, 2.75) is 18.9 Å². The van der Waals surface area contributed by atoms with Crippen LogP contribution >= 0.6 is 0 Å². The minimum Gasteiger partial charge on any atom is -0.480 e. The maximum Gasteiger partial charge on any atom is 0.320 e. The summed E-state index contributed by atoms with van der Waals surface area (Å²) in [5.74, 6) is -0.432. The van der Waals surface area contributed by atoms with E-state index in [4.69, 9.17) is 10.8 Å². The molecule has 5 heteroatoms. The molecule has 0 aromatic rings. The van der Waals surface area contributed by atoms with Crippen LogP contribution in [-0.4, -0.2) is 24.0 Å². The number of nitrogens with two attached hydrogens (primary N) is 1. The first kappa shape index (κ1) is 11.7. The van der Waals surface area contributed by atoms with Crippen molar-refractivity contribution in [2.24, 2.45) is 11.7 Å². The van der Waals surface area contributed by atoms with Crippen LogP contribution in [-0.2, 0) is 9.53 Å². The molecule has 0 fully saturated rings. The SMILES string of the molecule is N[C@H](CC1C=CC(OCF)=CC1)C(=O)O. The number of allylic oxidation sites excluding steroid dienone is 3. The average molecular weight is 215 g/mol. The van der Waals surface area contributed by atoms with Gasteiger partial charge in [0.2, 0.25) is 6.86 Å². The highest BCUT2D eigenvalue weighted by molar-refractivity contribution is 5.73. The Kier molecular flexibility index (Phi) is 4.30. The fraction of sp³-hybridized carbons (Fsp3) is 0.500. The molecule has 0 saturated heterocycles. The monoisotopic (exact) mass is 215 g/mol. The molecule has 4 nitrogen and oxygen atoms in total. The van der Waals surface area contributed by atoms with Crippen LogP contribution in [0.3, 0.4) is 0 Å². The number of ether oxygens (including phenoxy) is 1. The molecule has 84 valence electrons. The van der Waals surface area contributed by atoms with Crippen molar-refractivity contribution in [2.75, 3.05) is 6.86 Å². The second-order valence-electron chi connectivity index (χ2n) is 3.40. The highest BCUT2D eigenvalue weighted by Gasteiger charge is 2.18. The van der Waals surface area contributed by atoms with E-state index < -0.39 is 18.9 Å². The third-order valence-electron chi connectivity index (χ3n) is 2.25. The number of carbonyl (C=O) groups is 1. The largest absolute Gasteiger partial charge is 0.480 e. The quantitative estimate of drug-likeness (QED) is 0.722. The van der Waals surface area contributed by atoms with Gasteiger partial charge < -0.3 is 15.6 Å². The van der Waals surface area contributed by atoms with E-state index in [1.54, 1.807) is 18.2 Å². The summed E-state index contributed by atoms with van der Waals surface area (Å²) >= 11 is 0. The molecule has 1 unspecified atom stereocenters. The number of rotatable bonds is 5. The van der Waals surface area contributed by atoms with Crippen molar-refractivity contribution in [1.82, 2.24) is 0 Å². The van der Waals surface area contributed by atoms with Gasteiger partial charge in [0.1, 0.15) is 11.8 Å². The maximum atomic E-state index is 11.8. The van der Waals surface area contributed by atoms with Crippen LogP contribution < -0.4 is 5.73 Å². The van der Waals surface area contributed by atoms with Crippen molar-refractivity contribution in [3.63, 3.8) is 0 Å². The summed E-state index contributed by atoms with van der Waals surface area (Å²) in [6, 6.07) is -0.850. The Labute approximate surface area is 87.2 Å². The lowest BCUT2D eigenvalue weighted by atomic mass is 9.93. The summed E-state index contributed by atoms with van der Waals surface area (Å²) in [6.07, 6.45) is 6.19. The molecule has 0 aromatic heterocycles. The first-order valence-corrected chi connectivity index (χ1v) is 4.69. The van der Waals surface area contributed by atoms with Crippen LogP contribution in [0.1, 0.15) is 12.8 Å². The highest BCUT2D eigenvalue weighted by Crippen LogP contribution is 2.21. The van der Waals surface area contributed by atoms with Gasteiger partial charge in [0.25, 0.3) is 0 Å². The van der Waals surface area contributed by atoms with Crippen molar-refractivity contribution >= 4 is 5.97 Å². The van der Waals surface area contributed by atoms with Gasteiger partial charge in [0.15, 0.2) is 0 Å². The van der Waals surface area contributed by atoms with E-state index in [9.17, 15) is 9.18 Å². The normalized spacial score (nSPS) is 22.0. The van der Waals surface area contributed by atoms with E-state index in [2.05, 4.69) is 4.74 Å². The van der Waals surface area contributed by atoms with Crippen LogP contribution in [0.15, 0.2) is 24.0 Å². The number of hydrogen-bond acceptors (Lipinski definition) is 3. The molecule has 0 spiro atoms. The Morgan fingerprint density at radius 2 is 2.53 bits per heavy atom. The van der Waals surface area contributed by atoms with Crippen LogP contribution in [0.5, 0.6) is 0 Å². The molecule has 0 amide bonds. The first-order chi connectivity index (χ1) is 7.13. The summed E-state index contributed by atoms with van der Waals surface area (Å²) in [5.41, 5.74) is 5.40. The predicted octanol–water partition coefficient (Wildman–Crippen LogP) is 1.19. The Bertz CT molecular complexity index is 288. The molecule has 0 aromatic carbocycles. The molecule has 3 N–H and O–H groups in total. The van der Waals surface area contributed by atoms with Crippen molar-refractivity contribution in [3.05, 3.63) is 24.0 Å². The first-order valence-electron chi connectivity index (χ1n) is 4.69. The van der Waals surface area contributed by atoms with Gasteiger partial charge in [0.05, 0.1) is 0 Å². The van der Waals surface area contributed by atoms with Crippen molar-refractivity contribution in [1.29, 1.82) is 0 Å². The Balaban J connectivity index is 2.39. The van der Waals surface area contributed by atoms with Gasteiger partial charge in [-0.1, -0.05) is 6.08 Å². The third-order valence-corrected chi connectivity index (χ3v) is 2.25. The molecule has 0 bridgehead atoms. The van der Waals surface area contributed by atoms with Gasteiger partial charge in [-0.05, 0) is 30.9 Å². The van der Waals surface area contributed by atoms with Crippen LogP contribution in [0.2, 0.25) is 0 Å². The molecule has 0 radical (unpaired) electrons. The molecule has 1 aliphatic carbocycles. The summed E-state index contributed by atoms with van der Waals surface area (Å²) in [7, 11) is 0. The van der Waals surface area contributed by atoms with E-state index in [-0.39, 0.29) is 5.92 Å². The second kappa shape index (κ2) is 5.50. The number of halogens is 1. The van der Waals surface area contributed by atoms with Crippen molar-refractivity contribution < 1.29 is 19.0 Å². The van der Waals surface area contributed by atoms with Gasteiger partial charge in [-0.15, -0.1) is 0 Å². The zero-order valence-electron chi connectivity index (χ0n) is 8.23. The fourth-order valence-corrected chi connectivity index (χ4v) is 1.42. The number of carboxylic acid groups (broad SMARTS) is 1. The molecule has 15 heavy (non-hydrogen) atoms. The van der Waals surface area contributed by atoms with E-state index in [1.807, 2.05) is 0 Å². The van der Waals surface area contributed by atoms with E-state index in [0.29, 0.717) is 18.6 Å². The van der Waals surface area contributed by atoms with Crippen molar-refractivity contribution in [3.8, 4) is 0 Å². The molecule has 1 rings (SSSR count). The molecule has 0 saturated carbocycles. The molecule has 2 atom stereocenters. The Morgan fingerprint density at radius 3 is 3.00 bits per heavy atom. The lowest BCUT2D eigenvalue weighted by Gasteiger charge is -2.17. The summed E-state index contributed by atoms with van der Waals surface area (Å²) in [4.78, 5) is 10.5. The lowest BCUT2D eigenvalue weighted by molar-refractivity contribution is -0.138. The summed E-state index contributed by atoms with van der Waals surface area (Å²) in [5, 5.41) is 8.61. The third kappa shape index (κ3) is 3.71. The Morgan fingerprint density at radius 1 is 1.80 bits per heavy atom. The molecule has 1 aliphatic rings. The van der Waals surface area contributed by atoms with Crippen LogP contribution in [0.25, 0.3) is 0 Å². The molecular formula is C10H14FNO3. The van der Waals surface area contributed by atoms with Gasteiger partial charge in [-0.25, -0.2) is 4.39 Å². The number of hydrogen-bond donors (Lipinski definition) is 2. The zero-order chi connectivity index (χ0) is 11.3. The average Bonchev–Trinajstić information content (AvgIpc) is 2.21.